The molecule has 5 heteroatoms. The molecule has 1 fully saturated rings. The highest BCUT2D eigenvalue weighted by molar-refractivity contribution is 9.10. The monoisotopic (exact) mass is 352 g/mol. The molecule has 0 unspecified atom stereocenters. The molecule has 21 heavy (non-hydrogen) atoms. The summed E-state index contributed by atoms with van der Waals surface area (Å²) in [7, 11) is 1.69. The highest BCUT2D eigenvalue weighted by Crippen LogP contribution is 2.28. The lowest BCUT2D eigenvalue weighted by Crippen LogP contribution is -2.35. The quantitative estimate of drug-likeness (QED) is 0.882. The summed E-state index contributed by atoms with van der Waals surface area (Å²) in [4.78, 5) is 25.6. The minimum absolute atomic E-state index is 0.0594. The number of para-hydroxylation sites is 1. The van der Waals surface area contributed by atoms with Crippen molar-refractivity contribution in [3.8, 4) is 0 Å². The number of hydrogen-bond donors (Lipinski definition) is 1. The van der Waals surface area contributed by atoms with E-state index in [1.165, 1.54) is 17.7 Å². The van der Waals surface area contributed by atoms with E-state index in [-0.39, 0.29) is 18.4 Å². The molecule has 2 rings (SSSR count). The molecule has 0 atom stereocenters. The second-order valence-corrected chi connectivity index (χ2v) is 6.49. The molecule has 4 nitrogen and oxygen atoms in total. The van der Waals surface area contributed by atoms with E-state index < -0.39 is 0 Å². The third-order valence-corrected chi connectivity index (χ3v) is 4.58. The maximum atomic E-state index is 12.1. The van der Waals surface area contributed by atoms with Crippen molar-refractivity contribution in [1.29, 1.82) is 0 Å². The second kappa shape index (κ2) is 7.59. The van der Waals surface area contributed by atoms with Crippen LogP contribution >= 0.6 is 15.9 Å². The zero-order valence-corrected chi connectivity index (χ0v) is 13.9. The SMILES string of the molecule is CN(CC(=O)Nc1ccccc1Br)C(=O)CC1CCCC1. The molecular weight excluding hydrogens is 332 g/mol. The Morgan fingerprint density at radius 2 is 1.95 bits per heavy atom. The fraction of sp³-hybridized carbons (Fsp3) is 0.500. The summed E-state index contributed by atoms with van der Waals surface area (Å²) < 4.78 is 0.832. The van der Waals surface area contributed by atoms with Crippen LogP contribution in [0.2, 0.25) is 0 Å². The Labute approximate surface area is 134 Å². The van der Waals surface area contributed by atoms with Crippen molar-refractivity contribution in [2.75, 3.05) is 18.9 Å². The van der Waals surface area contributed by atoms with Gasteiger partial charge in [0, 0.05) is 17.9 Å². The van der Waals surface area contributed by atoms with Gasteiger partial charge in [-0.05, 0) is 46.8 Å². The summed E-state index contributed by atoms with van der Waals surface area (Å²) in [6, 6.07) is 7.43. The first-order valence-corrected chi connectivity index (χ1v) is 8.14. The van der Waals surface area contributed by atoms with Crippen LogP contribution in [0, 0.1) is 5.92 Å². The van der Waals surface area contributed by atoms with Gasteiger partial charge in [0.05, 0.1) is 12.2 Å². The molecule has 0 aromatic heterocycles. The minimum atomic E-state index is -0.177. The van der Waals surface area contributed by atoms with E-state index >= 15 is 0 Å². The van der Waals surface area contributed by atoms with Gasteiger partial charge >= 0.3 is 0 Å². The number of carbonyl (C=O) groups excluding carboxylic acids is 2. The zero-order valence-electron chi connectivity index (χ0n) is 12.3. The summed E-state index contributed by atoms with van der Waals surface area (Å²) in [5, 5.41) is 2.81. The highest BCUT2D eigenvalue weighted by Gasteiger charge is 2.21. The van der Waals surface area contributed by atoms with Crippen molar-refractivity contribution in [1.82, 2.24) is 4.90 Å². The lowest BCUT2D eigenvalue weighted by molar-refractivity contribution is -0.134. The van der Waals surface area contributed by atoms with E-state index in [9.17, 15) is 9.59 Å². The van der Waals surface area contributed by atoms with Gasteiger partial charge < -0.3 is 10.2 Å². The first-order chi connectivity index (χ1) is 10.1. The Hall–Kier alpha value is -1.36. The molecule has 1 aromatic rings. The smallest absolute Gasteiger partial charge is 0.244 e. The molecule has 1 aromatic carbocycles. The predicted octanol–water partition coefficient (Wildman–Crippen LogP) is 3.43. The molecule has 1 N–H and O–H groups in total. The minimum Gasteiger partial charge on any atom is -0.336 e. The number of nitrogens with one attached hydrogen (secondary N) is 1. The van der Waals surface area contributed by atoms with Crippen molar-refractivity contribution >= 4 is 33.4 Å². The van der Waals surface area contributed by atoms with Crippen LogP contribution in [-0.4, -0.2) is 30.3 Å². The topological polar surface area (TPSA) is 49.4 Å². The van der Waals surface area contributed by atoms with Gasteiger partial charge in [-0.1, -0.05) is 25.0 Å². The largest absolute Gasteiger partial charge is 0.336 e. The van der Waals surface area contributed by atoms with E-state index in [0.717, 1.165) is 23.0 Å². The van der Waals surface area contributed by atoms with Crippen LogP contribution in [0.1, 0.15) is 32.1 Å². The molecule has 0 bridgehead atoms. The van der Waals surface area contributed by atoms with Crippen LogP contribution in [0.25, 0.3) is 0 Å². The molecule has 1 saturated carbocycles. The van der Waals surface area contributed by atoms with Crippen LogP contribution in [0.3, 0.4) is 0 Å². The average molecular weight is 353 g/mol. The normalized spacial score (nSPS) is 15.0. The Kier molecular flexibility index (Phi) is 5.79. The summed E-state index contributed by atoms with van der Waals surface area (Å²) >= 11 is 3.38. The fourth-order valence-electron chi connectivity index (χ4n) is 2.67. The first kappa shape index (κ1) is 16.0. The molecule has 2 amide bonds. The van der Waals surface area contributed by atoms with Crippen molar-refractivity contribution in [3.63, 3.8) is 0 Å². The molecule has 0 aliphatic heterocycles. The Morgan fingerprint density at radius 3 is 2.62 bits per heavy atom. The number of anilines is 1. The van der Waals surface area contributed by atoms with Gasteiger partial charge in [0.25, 0.3) is 0 Å². The second-order valence-electron chi connectivity index (χ2n) is 5.63. The van der Waals surface area contributed by atoms with Crippen LogP contribution in [-0.2, 0) is 9.59 Å². The number of benzene rings is 1. The number of hydrogen-bond acceptors (Lipinski definition) is 2. The van der Waals surface area contributed by atoms with E-state index in [1.54, 1.807) is 7.05 Å². The molecule has 114 valence electrons. The molecule has 0 saturated heterocycles. The van der Waals surface area contributed by atoms with Gasteiger partial charge in [-0.25, -0.2) is 0 Å². The lowest BCUT2D eigenvalue weighted by Gasteiger charge is -2.19. The summed E-state index contributed by atoms with van der Waals surface area (Å²) in [6.07, 6.45) is 5.30. The van der Waals surface area contributed by atoms with Crippen LogP contribution < -0.4 is 5.32 Å². The third kappa shape index (κ3) is 4.84. The van der Waals surface area contributed by atoms with Crippen LogP contribution in [0.5, 0.6) is 0 Å². The van der Waals surface area contributed by atoms with Gasteiger partial charge in [-0.15, -0.1) is 0 Å². The zero-order chi connectivity index (χ0) is 15.2. The third-order valence-electron chi connectivity index (χ3n) is 3.89. The van der Waals surface area contributed by atoms with Crippen LogP contribution in [0.4, 0.5) is 5.69 Å². The van der Waals surface area contributed by atoms with Crippen molar-refractivity contribution in [2.45, 2.75) is 32.1 Å². The number of rotatable bonds is 5. The number of halogens is 1. The van der Waals surface area contributed by atoms with Gasteiger partial charge in [-0.3, -0.25) is 9.59 Å². The van der Waals surface area contributed by atoms with Crippen LogP contribution in [0.15, 0.2) is 28.7 Å². The molecular formula is C16H21BrN2O2. The maximum absolute atomic E-state index is 12.1. The number of likely N-dealkylation sites (N-methyl/N-ethyl adjacent to an activating group) is 1. The van der Waals surface area contributed by atoms with E-state index in [2.05, 4.69) is 21.2 Å². The Morgan fingerprint density at radius 1 is 1.29 bits per heavy atom. The summed E-state index contributed by atoms with van der Waals surface area (Å²) in [5.41, 5.74) is 0.721. The number of amides is 2. The molecule has 0 radical (unpaired) electrons. The molecule has 1 aliphatic carbocycles. The van der Waals surface area contributed by atoms with Gasteiger partial charge in [-0.2, -0.15) is 0 Å². The highest BCUT2D eigenvalue weighted by atomic mass is 79.9. The lowest BCUT2D eigenvalue weighted by atomic mass is 10.0. The molecule has 1 aliphatic rings. The van der Waals surface area contributed by atoms with Gasteiger partial charge in [0.15, 0.2) is 0 Å². The Balaban J connectivity index is 1.81. The summed E-state index contributed by atoms with van der Waals surface area (Å²) in [6.45, 7) is 0.0902. The standard InChI is InChI=1S/C16H21BrN2O2/c1-19(16(21)10-12-6-2-3-7-12)11-15(20)18-14-9-5-4-8-13(14)17/h4-5,8-9,12H,2-3,6-7,10-11H2,1H3,(H,18,20). The van der Waals surface area contributed by atoms with Crippen molar-refractivity contribution < 1.29 is 9.59 Å². The van der Waals surface area contributed by atoms with E-state index in [4.69, 9.17) is 0 Å². The predicted molar refractivity (Wildman–Crippen MR) is 87.0 cm³/mol. The number of carbonyl (C=O) groups is 2. The van der Waals surface area contributed by atoms with Gasteiger partial charge in [0.1, 0.15) is 0 Å². The fourth-order valence-corrected chi connectivity index (χ4v) is 3.06. The van der Waals surface area contributed by atoms with Crippen molar-refractivity contribution in [2.24, 2.45) is 5.92 Å². The van der Waals surface area contributed by atoms with E-state index in [1.807, 2.05) is 24.3 Å². The summed E-state index contributed by atoms with van der Waals surface area (Å²) in [5.74, 6) is 0.389. The molecule has 0 spiro atoms. The molecule has 0 heterocycles. The van der Waals surface area contributed by atoms with Gasteiger partial charge in [0.2, 0.25) is 11.8 Å². The number of nitrogens with zero attached hydrogens (tertiary/aromatic N) is 1. The van der Waals surface area contributed by atoms with E-state index in [0.29, 0.717) is 12.3 Å². The average Bonchev–Trinajstić information content (AvgIpc) is 2.94. The van der Waals surface area contributed by atoms with Crippen molar-refractivity contribution in [3.05, 3.63) is 28.7 Å². The first-order valence-electron chi connectivity index (χ1n) is 7.34. The maximum Gasteiger partial charge on any atom is 0.244 e. The Bertz CT molecular complexity index is 513.